The van der Waals surface area contributed by atoms with Crippen molar-refractivity contribution < 1.29 is 9.13 Å². The van der Waals surface area contributed by atoms with Crippen LogP contribution in [0.2, 0.25) is 0 Å². The predicted octanol–water partition coefficient (Wildman–Crippen LogP) is 1.24. The number of hydrogen-bond donors (Lipinski definition) is 1. The molecule has 0 spiro atoms. The molecule has 0 bridgehead atoms. The van der Waals surface area contributed by atoms with Crippen molar-refractivity contribution in [2.45, 2.75) is 18.9 Å². The van der Waals surface area contributed by atoms with E-state index in [0.29, 0.717) is 12.6 Å². The average Bonchev–Trinajstić information content (AvgIpc) is 2.98. The third-order valence-corrected chi connectivity index (χ3v) is 4.53. The van der Waals surface area contributed by atoms with E-state index in [9.17, 15) is 4.39 Å². The van der Waals surface area contributed by atoms with Crippen molar-refractivity contribution in [1.82, 2.24) is 4.90 Å². The van der Waals surface area contributed by atoms with Gasteiger partial charge < -0.3 is 15.4 Å². The zero-order chi connectivity index (χ0) is 14.7. The van der Waals surface area contributed by atoms with Crippen molar-refractivity contribution >= 4 is 5.69 Å². The molecule has 2 heterocycles. The third-order valence-electron chi connectivity index (χ3n) is 4.53. The number of nitrogens with two attached hydrogens (primary N) is 1. The van der Waals surface area contributed by atoms with E-state index >= 15 is 0 Å². The Kier molecular flexibility index (Phi) is 4.73. The van der Waals surface area contributed by atoms with Crippen molar-refractivity contribution in [1.29, 1.82) is 0 Å². The molecule has 2 saturated heterocycles. The molecule has 2 N–H and O–H groups in total. The van der Waals surface area contributed by atoms with Crippen LogP contribution in [0.4, 0.5) is 10.1 Å². The minimum Gasteiger partial charge on any atom is -0.379 e. The first-order chi connectivity index (χ1) is 10.3. The molecule has 1 aromatic rings. The molecule has 0 aliphatic carbocycles. The highest BCUT2D eigenvalue weighted by molar-refractivity contribution is 5.56. The fourth-order valence-corrected chi connectivity index (χ4v) is 3.46. The summed E-state index contributed by atoms with van der Waals surface area (Å²) in [7, 11) is 0. The zero-order valence-corrected chi connectivity index (χ0v) is 12.4. The van der Waals surface area contributed by atoms with Crippen molar-refractivity contribution in [3.63, 3.8) is 0 Å². The third kappa shape index (κ3) is 3.20. The average molecular weight is 293 g/mol. The number of rotatable bonds is 4. The van der Waals surface area contributed by atoms with Crippen LogP contribution in [0.5, 0.6) is 0 Å². The monoisotopic (exact) mass is 293 g/mol. The Labute approximate surface area is 125 Å². The summed E-state index contributed by atoms with van der Waals surface area (Å²) < 4.78 is 19.7. The van der Waals surface area contributed by atoms with Gasteiger partial charge in [0, 0.05) is 32.2 Å². The van der Waals surface area contributed by atoms with Crippen LogP contribution in [0, 0.1) is 5.82 Å². The van der Waals surface area contributed by atoms with Crippen LogP contribution in [0.25, 0.3) is 0 Å². The molecule has 3 rings (SSSR count). The molecule has 2 aliphatic rings. The van der Waals surface area contributed by atoms with Gasteiger partial charge in [0.1, 0.15) is 5.82 Å². The van der Waals surface area contributed by atoms with Gasteiger partial charge in [-0.25, -0.2) is 4.39 Å². The molecule has 0 saturated carbocycles. The van der Waals surface area contributed by atoms with Crippen molar-refractivity contribution in [2.75, 3.05) is 50.8 Å². The quantitative estimate of drug-likeness (QED) is 0.907. The Morgan fingerprint density at radius 3 is 2.81 bits per heavy atom. The van der Waals surface area contributed by atoms with Gasteiger partial charge in [0.2, 0.25) is 0 Å². The Morgan fingerprint density at radius 2 is 2.05 bits per heavy atom. The number of benzene rings is 1. The highest BCUT2D eigenvalue weighted by Crippen LogP contribution is 2.29. The SMILES string of the molecule is NCCc1cccc(F)c1N1CCC(N2CCOCC2)C1. The van der Waals surface area contributed by atoms with E-state index in [2.05, 4.69) is 9.80 Å². The molecule has 21 heavy (non-hydrogen) atoms. The molecule has 0 aromatic heterocycles. The molecule has 2 fully saturated rings. The summed E-state index contributed by atoms with van der Waals surface area (Å²) in [6, 6.07) is 5.84. The molecule has 116 valence electrons. The molecule has 2 aliphatic heterocycles. The van der Waals surface area contributed by atoms with Crippen LogP contribution in [0.3, 0.4) is 0 Å². The maximum absolute atomic E-state index is 14.3. The standard InChI is InChI=1S/C16H24FN3O/c17-15-3-1-2-13(4-6-18)16(15)20-7-5-14(12-20)19-8-10-21-11-9-19/h1-3,14H,4-12,18H2. The largest absolute Gasteiger partial charge is 0.379 e. The van der Waals surface area contributed by atoms with Gasteiger partial charge in [0.25, 0.3) is 0 Å². The number of morpholine rings is 1. The lowest BCUT2D eigenvalue weighted by molar-refractivity contribution is 0.0209. The van der Waals surface area contributed by atoms with Crippen molar-refractivity contribution in [3.05, 3.63) is 29.6 Å². The first kappa shape index (κ1) is 14.8. The van der Waals surface area contributed by atoms with E-state index in [1.165, 1.54) is 0 Å². The molecule has 0 amide bonds. The van der Waals surface area contributed by atoms with E-state index in [0.717, 1.165) is 63.5 Å². The second-order valence-corrected chi connectivity index (χ2v) is 5.82. The Morgan fingerprint density at radius 1 is 1.24 bits per heavy atom. The van der Waals surface area contributed by atoms with Gasteiger partial charge in [0.15, 0.2) is 0 Å². The first-order valence-corrected chi connectivity index (χ1v) is 7.84. The fraction of sp³-hybridized carbons (Fsp3) is 0.625. The minimum atomic E-state index is -0.122. The number of ether oxygens (including phenoxy) is 1. The van der Waals surface area contributed by atoms with Gasteiger partial charge in [-0.2, -0.15) is 0 Å². The molecule has 1 aromatic carbocycles. The van der Waals surface area contributed by atoms with E-state index < -0.39 is 0 Å². The Hall–Kier alpha value is -1.17. The molecule has 4 nitrogen and oxygen atoms in total. The summed E-state index contributed by atoms with van der Waals surface area (Å²) in [6.07, 6.45) is 1.82. The van der Waals surface area contributed by atoms with E-state index in [4.69, 9.17) is 10.5 Å². The maximum Gasteiger partial charge on any atom is 0.146 e. The van der Waals surface area contributed by atoms with Crippen molar-refractivity contribution in [3.8, 4) is 0 Å². The molecule has 1 unspecified atom stereocenters. The lowest BCUT2D eigenvalue weighted by Crippen LogP contribution is -2.44. The van der Waals surface area contributed by atoms with Crippen molar-refractivity contribution in [2.24, 2.45) is 5.73 Å². The zero-order valence-electron chi connectivity index (χ0n) is 12.4. The van der Waals surface area contributed by atoms with Gasteiger partial charge in [-0.15, -0.1) is 0 Å². The Balaban J connectivity index is 1.73. The van der Waals surface area contributed by atoms with Gasteiger partial charge in [-0.1, -0.05) is 12.1 Å². The van der Waals surface area contributed by atoms with Crippen LogP contribution in [-0.2, 0) is 11.2 Å². The molecular weight excluding hydrogens is 269 g/mol. The minimum absolute atomic E-state index is 0.122. The summed E-state index contributed by atoms with van der Waals surface area (Å²) in [6.45, 7) is 5.98. The molecule has 1 atom stereocenters. The number of halogens is 1. The van der Waals surface area contributed by atoms with E-state index in [1.807, 2.05) is 6.07 Å². The van der Waals surface area contributed by atoms with Gasteiger partial charge in [-0.3, -0.25) is 4.90 Å². The summed E-state index contributed by atoms with van der Waals surface area (Å²) in [5.41, 5.74) is 7.45. The van der Waals surface area contributed by atoms with Gasteiger partial charge in [0.05, 0.1) is 18.9 Å². The van der Waals surface area contributed by atoms with E-state index in [1.54, 1.807) is 12.1 Å². The normalized spacial score (nSPS) is 23.7. The van der Waals surface area contributed by atoms with Gasteiger partial charge >= 0.3 is 0 Å². The maximum atomic E-state index is 14.3. The van der Waals surface area contributed by atoms with Crippen LogP contribution >= 0.6 is 0 Å². The van der Waals surface area contributed by atoms with E-state index in [-0.39, 0.29) is 5.82 Å². The number of para-hydroxylation sites is 1. The smallest absolute Gasteiger partial charge is 0.146 e. The van der Waals surface area contributed by atoms with Crippen LogP contribution in [0.1, 0.15) is 12.0 Å². The highest BCUT2D eigenvalue weighted by Gasteiger charge is 2.30. The summed E-state index contributed by atoms with van der Waals surface area (Å²) in [4.78, 5) is 4.67. The summed E-state index contributed by atoms with van der Waals surface area (Å²) in [5.74, 6) is -0.122. The van der Waals surface area contributed by atoms with Crippen LogP contribution in [-0.4, -0.2) is 56.9 Å². The predicted molar refractivity (Wildman–Crippen MR) is 82.2 cm³/mol. The second-order valence-electron chi connectivity index (χ2n) is 5.82. The summed E-state index contributed by atoms with van der Waals surface area (Å²) in [5, 5.41) is 0. The molecule has 0 radical (unpaired) electrons. The summed E-state index contributed by atoms with van der Waals surface area (Å²) >= 11 is 0. The van der Waals surface area contributed by atoms with Crippen LogP contribution in [0.15, 0.2) is 18.2 Å². The fourth-order valence-electron chi connectivity index (χ4n) is 3.46. The molecule has 5 heteroatoms. The molecular formula is C16H24FN3O. The lowest BCUT2D eigenvalue weighted by atomic mass is 10.1. The topological polar surface area (TPSA) is 41.7 Å². The first-order valence-electron chi connectivity index (χ1n) is 7.84. The second kappa shape index (κ2) is 6.73. The number of hydrogen-bond acceptors (Lipinski definition) is 4. The van der Waals surface area contributed by atoms with Gasteiger partial charge in [-0.05, 0) is 31.0 Å². The highest BCUT2D eigenvalue weighted by atomic mass is 19.1. The number of nitrogens with zero attached hydrogens (tertiary/aromatic N) is 2. The number of anilines is 1. The van der Waals surface area contributed by atoms with Crippen LogP contribution < -0.4 is 10.6 Å². The lowest BCUT2D eigenvalue weighted by Gasteiger charge is -2.32. The Bertz CT molecular complexity index is 477.